The van der Waals surface area contributed by atoms with Gasteiger partial charge in [0.1, 0.15) is 11.2 Å². The van der Waals surface area contributed by atoms with E-state index in [1.165, 1.54) is 6.42 Å². The minimum Gasteiger partial charge on any atom is -0.455 e. The summed E-state index contributed by atoms with van der Waals surface area (Å²) in [4.78, 5) is 4.67. The number of benzene rings is 3. The Morgan fingerprint density at radius 3 is 2.45 bits per heavy atom. The van der Waals surface area contributed by atoms with E-state index in [1.54, 1.807) is 0 Å². The highest BCUT2D eigenvalue weighted by Crippen LogP contribution is 2.37. The molecule has 0 atom stereocenters. The van der Waals surface area contributed by atoms with Crippen molar-refractivity contribution in [3.63, 3.8) is 0 Å². The fourth-order valence-corrected chi connectivity index (χ4v) is 4.87. The van der Waals surface area contributed by atoms with E-state index >= 15 is 0 Å². The maximum Gasteiger partial charge on any atom is 0.144 e. The summed E-state index contributed by atoms with van der Waals surface area (Å²) in [6.07, 6.45) is 7.38. The van der Waals surface area contributed by atoms with Crippen LogP contribution in [-0.2, 0) is 0 Å². The Morgan fingerprint density at radius 2 is 1.58 bits per heavy atom. The van der Waals surface area contributed by atoms with Crippen molar-refractivity contribution in [2.75, 3.05) is 0 Å². The van der Waals surface area contributed by atoms with Crippen molar-refractivity contribution in [3.8, 4) is 22.4 Å². The second-order valence-electron chi connectivity index (χ2n) is 8.45. The molecule has 1 aliphatic carbocycles. The largest absolute Gasteiger partial charge is 0.455 e. The number of rotatable bonds is 3. The van der Waals surface area contributed by atoms with Crippen molar-refractivity contribution in [2.24, 2.45) is 0 Å². The first-order valence-electron chi connectivity index (χ1n) is 11.7. The normalized spacial score (nSPS) is 16.5. The van der Waals surface area contributed by atoms with E-state index < -0.39 is 5.89 Å². The van der Waals surface area contributed by atoms with Gasteiger partial charge in [0, 0.05) is 23.9 Å². The number of hydrogen-bond donors (Lipinski definition) is 0. The van der Waals surface area contributed by atoms with E-state index in [0.717, 1.165) is 75.6 Å². The molecule has 2 aromatic heterocycles. The molecule has 2 nitrogen and oxygen atoms in total. The molecule has 0 unspecified atom stereocenters. The summed E-state index contributed by atoms with van der Waals surface area (Å²) in [5.41, 5.74) is 7.09. The Bertz CT molecular complexity index is 1410. The first-order chi connectivity index (χ1) is 15.7. The zero-order chi connectivity index (χ0) is 21.5. The molecular formula is C29H25NO. The first kappa shape index (κ1) is 17.3. The molecule has 2 heteroatoms. The van der Waals surface area contributed by atoms with Gasteiger partial charge in [-0.25, -0.2) is 0 Å². The molecule has 3 aromatic carbocycles. The topological polar surface area (TPSA) is 26.0 Å². The monoisotopic (exact) mass is 404 g/mol. The SMILES string of the molecule is [2H]C1(c2ccc(-c3ccnc(-c4cccc5c4oc4ccccc45)c3)cc2)CCCCC1. The van der Waals surface area contributed by atoms with Crippen LogP contribution in [0, 0.1) is 0 Å². The Balaban J connectivity index is 1.39. The first-order valence-corrected chi connectivity index (χ1v) is 11.2. The summed E-state index contributed by atoms with van der Waals surface area (Å²) in [6.45, 7) is 0. The third-order valence-electron chi connectivity index (χ3n) is 6.52. The summed E-state index contributed by atoms with van der Waals surface area (Å²) in [7, 11) is 0. The molecule has 1 fully saturated rings. The van der Waals surface area contributed by atoms with E-state index in [-0.39, 0.29) is 0 Å². The third-order valence-corrected chi connectivity index (χ3v) is 6.52. The summed E-state index contributed by atoms with van der Waals surface area (Å²) < 4.78 is 15.1. The Kier molecular flexibility index (Phi) is 4.30. The summed E-state index contributed by atoms with van der Waals surface area (Å²) >= 11 is 0. The summed E-state index contributed by atoms with van der Waals surface area (Å²) in [5, 5.41) is 2.24. The van der Waals surface area contributed by atoms with Crippen LogP contribution in [0.5, 0.6) is 0 Å². The van der Waals surface area contributed by atoms with Gasteiger partial charge in [0.2, 0.25) is 0 Å². The lowest BCUT2D eigenvalue weighted by atomic mass is 9.84. The number of aromatic nitrogens is 1. The molecule has 0 radical (unpaired) electrons. The maximum absolute atomic E-state index is 8.89. The molecule has 0 saturated heterocycles. The molecule has 0 N–H and O–H groups in total. The van der Waals surface area contributed by atoms with Crippen LogP contribution >= 0.6 is 0 Å². The lowest BCUT2D eigenvalue weighted by Gasteiger charge is -2.22. The van der Waals surface area contributed by atoms with Crippen molar-refractivity contribution in [1.82, 2.24) is 4.98 Å². The maximum atomic E-state index is 8.89. The van der Waals surface area contributed by atoms with Crippen LogP contribution in [0.4, 0.5) is 0 Å². The van der Waals surface area contributed by atoms with Crippen molar-refractivity contribution in [2.45, 2.75) is 38.0 Å². The Hall–Kier alpha value is -3.39. The number of pyridine rings is 1. The fourth-order valence-electron chi connectivity index (χ4n) is 4.87. The number of fused-ring (bicyclic) bond motifs is 3. The number of furan rings is 1. The Labute approximate surface area is 184 Å². The highest BCUT2D eigenvalue weighted by molar-refractivity contribution is 6.09. The molecule has 0 aliphatic heterocycles. The average Bonchev–Trinajstić information content (AvgIpc) is 3.24. The zero-order valence-electron chi connectivity index (χ0n) is 18.5. The van der Waals surface area contributed by atoms with Gasteiger partial charge in [0.05, 0.1) is 5.69 Å². The summed E-state index contributed by atoms with van der Waals surface area (Å²) in [6, 6.07) is 27.2. The van der Waals surface area contributed by atoms with Crippen LogP contribution in [0.2, 0.25) is 0 Å². The fraction of sp³-hybridized carbons (Fsp3) is 0.207. The van der Waals surface area contributed by atoms with Gasteiger partial charge < -0.3 is 4.42 Å². The van der Waals surface area contributed by atoms with E-state index in [2.05, 4.69) is 59.6 Å². The highest BCUT2D eigenvalue weighted by atomic mass is 16.3. The number of hydrogen-bond acceptors (Lipinski definition) is 2. The molecule has 6 rings (SSSR count). The molecule has 0 amide bonds. The summed E-state index contributed by atoms with van der Waals surface area (Å²) in [5.74, 6) is -0.420. The van der Waals surface area contributed by atoms with Gasteiger partial charge >= 0.3 is 0 Å². The standard InChI is InChI=1S/C29H25NO/c1-2-7-20(8-3-1)21-13-15-22(16-14-21)23-17-18-30-27(19-23)26-11-6-10-25-24-9-4-5-12-28(24)31-29(25)26/h4-6,9-20H,1-3,7-8H2/i20D. The lowest BCUT2D eigenvalue weighted by Crippen LogP contribution is -2.04. The van der Waals surface area contributed by atoms with Crippen LogP contribution in [0.15, 0.2) is 89.5 Å². The van der Waals surface area contributed by atoms with E-state index in [4.69, 9.17) is 5.79 Å². The van der Waals surface area contributed by atoms with Gasteiger partial charge in [-0.2, -0.15) is 0 Å². The molecule has 5 aromatic rings. The van der Waals surface area contributed by atoms with Crippen LogP contribution in [0.3, 0.4) is 0 Å². The van der Waals surface area contributed by atoms with Gasteiger partial charge in [0.25, 0.3) is 0 Å². The van der Waals surface area contributed by atoms with Gasteiger partial charge in [-0.15, -0.1) is 0 Å². The number of nitrogens with zero attached hydrogens (tertiary/aromatic N) is 1. The van der Waals surface area contributed by atoms with E-state index in [9.17, 15) is 0 Å². The second-order valence-corrected chi connectivity index (χ2v) is 8.45. The quantitative estimate of drug-likeness (QED) is 0.302. The lowest BCUT2D eigenvalue weighted by molar-refractivity contribution is 0.443. The van der Waals surface area contributed by atoms with Gasteiger partial charge in [-0.05, 0) is 59.7 Å². The molecular weight excluding hydrogens is 378 g/mol. The van der Waals surface area contributed by atoms with E-state index in [0.29, 0.717) is 0 Å². The predicted octanol–water partition coefficient (Wildman–Crippen LogP) is 8.36. The molecule has 1 saturated carbocycles. The minimum absolute atomic E-state index is 0.420. The van der Waals surface area contributed by atoms with Crippen molar-refractivity contribution >= 4 is 21.9 Å². The zero-order valence-corrected chi connectivity index (χ0v) is 17.5. The van der Waals surface area contributed by atoms with Crippen LogP contribution in [0.25, 0.3) is 44.3 Å². The molecule has 0 bridgehead atoms. The molecule has 0 spiro atoms. The second kappa shape index (κ2) is 7.70. The predicted molar refractivity (Wildman–Crippen MR) is 128 cm³/mol. The molecule has 152 valence electrons. The van der Waals surface area contributed by atoms with Crippen LogP contribution < -0.4 is 0 Å². The Morgan fingerprint density at radius 1 is 0.774 bits per heavy atom. The minimum atomic E-state index is -0.420. The molecule has 1 aliphatic rings. The van der Waals surface area contributed by atoms with Gasteiger partial charge in [-0.3, -0.25) is 4.98 Å². The highest BCUT2D eigenvalue weighted by Gasteiger charge is 2.16. The average molecular weight is 405 g/mol. The molecule has 31 heavy (non-hydrogen) atoms. The van der Waals surface area contributed by atoms with Crippen LogP contribution in [0.1, 0.15) is 44.9 Å². The molecule has 2 heterocycles. The van der Waals surface area contributed by atoms with Crippen LogP contribution in [-0.4, -0.2) is 4.98 Å². The third kappa shape index (κ3) is 3.33. The number of para-hydroxylation sites is 2. The van der Waals surface area contributed by atoms with E-state index in [1.807, 2.05) is 30.5 Å². The van der Waals surface area contributed by atoms with Crippen molar-refractivity contribution in [3.05, 3.63) is 90.6 Å². The van der Waals surface area contributed by atoms with Gasteiger partial charge in [0.15, 0.2) is 0 Å². The van der Waals surface area contributed by atoms with Crippen molar-refractivity contribution < 1.29 is 5.79 Å². The van der Waals surface area contributed by atoms with Gasteiger partial charge in [-0.1, -0.05) is 73.9 Å². The smallest absolute Gasteiger partial charge is 0.144 e. The van der Waals surface area contributed by atoms with Crippen molar-refractivity contribution in [1.29, 1.82) is 0 Å².